The molecule has 0 saturated carbocycles. The van der Waals surface area contributed by atoms with Crippen LogP contribution in [-0.2, 0) is 26.2 Å². The van der Waals surface area contributed by atoms with Gasteiger partial charge in [-0.2, -0.15) is 0 Å². The summed E-state index contributed by atoms with van der Waals surface area (Å²) < 4.78 is 37.9. The molecule has 1 atom stereocenters. The lowest BCUT2D eigenvalue weighted by molar-refractivity contribution is -0.139. The second kappa shape index (κ2) is 12.1. The minimum atomic E-state index is -3.90. The zero-order valence-corrected chi connectivity index (χ0v) is 22.3. The van der Waals surface area contributed by atoms with Gasteiger partial charge in [-0.1, -0.05) is 28.1 Å². The molecule has 11 heteroatoms. The monoisotopic (exact) mass is 555 g/mol. The lowest BCUT2D eigenvalue weighted by atomic mass is 10.1. The summed E-state index contributed by atoms with van der Waals surface area (Å²) >= 11 is 3.38. The highest BCUT2D eigenvalue weighted by Crippen LogP contribution is 2.34. The van der Waals surface area contributed by atoms with Crippen LogP contribution >= 0.6 is 15.9 Å². The zero-order chi connectivity index (χ0) is 25.5. The third-order valence-corrected chi connectivity index (χ3v) is 6.77. The molecule has 0 unspecified atom stereocenters. The van der Waals surface area contributed by atoms with Crippen molar-refractivity contribution in [2.45, 2.75) is 26.4 Å². The van der Waals surface area contributed by atoms with Crippen molar-refractivity contribution in [2.24, 2.45) is 0 Å². The van der Waals surface area contributed by atoms with E-state index in [1.54, 1.807) is 26.0 Å². The van der Waals surface area contributed by atoms with Crippen LogP contribution in [-0.4, -0.2) is 64.7 Å². The van der Waals surface area contributed by atoms with Gasteiger partial charge < -0.3 is 19.7 Å². The number of carbonyl (C=O) groups excluding carboxylic acids is 2. The van der Waals surface area contributed by atoms with Gasteiger partial charge in [0.1, 0.15) is 24.1 Å². The summed E-state index contributed by atoms with van der Waals surface area (Å²) in [5.74, 6) is -0.218. The van der Waals surface area contributed by atoms with Crippen LogP contribution in [0.5, 0.6) is 11.5 Å². The molecule has 0 heterocycles. The van der Waals surface area contributed by atoms with E-state index in [1.165, 1.54) is 25.2 Å². The Morgan fingerprint density at radius 1 is 1.09 bits per heavy atom. The summed E-state index contributed by atoms with van der Waals surface area (Å²) in [7, 11) is -1.03. The van der Waals surface area contributed by atoms with Gasteiger partial charge in [0.25, 0.3) is 0 Å². The van der Waals surface area contributed by atoms with Crippen LogP contribution in [0.1, 0.15) is 19.4 Å². The summed E-state index contributed by atoms with van der Waals surface area (Å²) in [6.45, 7) is 3.39. The first kappa shape index (κ1) is 27.5. The maximum absolute atomic E-state index is 13.5. The molecule has 0 fully saturated rings. The van der Waals surface area contributed by atoms with Crippen LogP contribution in [0.4, 0.5) is 5.69 Å². The molecule has 9 nitrogen and oxygen atoms in total. The van der Waals surface area contributed by atoms with E-state index in [0.717, 1.165) is 20.6 Å². The number of methoxy groups -OCH3 is 2. The van der Waals surface area contributed by atoms with Gasteiger partial charge in [0.05, 0.1) is 26.2 Å². The highest BCUT2D eigenvalue weighted by Gasteiger charge is 2.31. The predicted octanol–water partition coefficient (Wildman–Crippen LogP) is 2.79. The quantitative estimate of drug-likeness (QED) is 0.457. The van der Waals surface area contributed by atoms with E-state index in [4.69, 9.17) is 9.47 Å². The number of benzene rings is 2. The van der Waals surface area contributed by atoms with Gasteiger partial charge in [0.15, 0.2) is 0 Å². The average Bonchev–Trinajstić information content (AvgIpc) is 2.80. The molecule has 2 amide bonds. The lowest BCUT2D eigenvalue weighted by Crippen LogP contribution is -2.51. The van der Waals surface area contributed by atoms with Crippen LogP contribution < -0.4 is 19.1 Å². The number of hydrogen-bond donors (Lipinski definition) is 1. The zero-order valence-electron chi connectivity index (χ0n) is 19.9. The Morgan fingerprint density at radius 2 is 1.74 bits per heavy atom. The molecule has 0 aliphatic rings. The molecule has 186 valence electrons. The van der Waals surface area contributed by atoms with Crippen LogP contribution in [0.2, 0.25) is 0 Å². The molecule has 2 aromatic rings. The number of carbonyl (C=O) groups is 2. The minimum absolute atomic E-state index is 0.122. The Labute approximate surface area is 209 Å². The van der Waals surface area contributed by atoms with Gasteiger partial charge in [-0.25, -0.2) is 8.42 Å². The Balaban J connectivity index is 2.47. The van der Waals surface area contributed by atoms with Crippen LogP contribution in [0.25, 0.3) is 0 Å². The van der Waals surface area contributed by atoms with Gasteiger partial charge in [-0.3, -0.25) is 13.9 Å². The summed E-state index contributed by atoms with van der Waals surface area (Å²) in [4.78, 5) is 27.5. The van der Waals surface area contributed by atoms with Crippen molar-refractivity contribution in [3.63, 3.8) is 0 Å². The summed E-state index contributed by atoms with van der Waals surface area (Å²) in [5.41, 5.74) is 0.949. The first-order valence-electron chi connectivity index (χ1n) is 10.5. The molecule has 0 radical (unpaired) electrons. The maximum Gasteiger partial charge on any atom is 0.244 e. The number of nitrogens with zero attached hydrogens (tertiary/aromatic N) is 2. The van der Waals surface area contributed by atoms with E-state index in [2.05, 4.69) is 21.2 Å². The van der Waals surface area contributed by atoms with E-state index in [1.807, 2.05) is 24.3 Å². The number of likely N-dealkylation sites (N-methyl/N-ethyl adjacent to an activating group) is 1. The van der Waals surface area contributed by atoms with Gasteiger partial charge in [0.2, 0.25) is 21.8 Å². The molecule has 34 heavy (non-hydrogen) atoms. The van der Waals surface area contributed by atoms with Crippen molar-refractivity contribution in [2.75, 3.05) is 37.9 Å². The number of sulfonamides is 1. The number of rotatable bonds is 11. The summed E-state index contributed by atoms with van der Waals surface area (Å²) in [5, 5.41) is 2.72. The topological polar surface area (TPSA) is 105 Å². The molecule has 0 aliphatic carbocycles. The van der Waals surface area contributed by atoms with Gasteiger partial charge in [0, 0.05) is 23.6 Å². The molecule has 0 saturated heterocycles. The maximum atomic E-state index is 13.5. The normalized spacial score (nSPS) is 11.9. The molecular weight excluding hydrogens is 526 g/mol. The average molecular weight is 556 g/mol. The molecular formula is C23H30BrN3O6S. The predicted molar refractivity (Wildman–Crippen MR) is 135 cm³/mol. The SMILES string of the molecule is CCNC(=O)[C@H](C)N(Cc1ccc(Br)cc1)C(=O)CN(c1cc(OC)ccc1OC)S(C)(=O)=O. The molecule has 1 N–H and O–H groups in total. The molecule has 0 aromatic heterocycles. The van der Waals surface area contributed by atoms with Crippen LogP contribution in [0, 0.1) is 0 Å². The van der Waals surface area contributed by atoms with E-state index < -0.39 is 28.5 Å². The van der Waals surface area contributed by atoms with Crippen LogP contribution in [0.15, 0.2) is 46.9 Å². The van der Waals surface area contributed by atoms with Crippen molar-refractivity contribution in [3.8, 4) is 11.5 Å². The number of nitrogens with one attached hydrogen (secondary N) is 1. The van der Waals surface area contributed by atoms with Crippen LogP contribution in [0.3, 0.4) is 0 Å². The highest BCUT2D eigenvalue weighted by molar-refractivity contribution is 9.10. The largest absolute Gasteiger partial charge is 0.497 e. The third kappa shape index (κ3) is 7.10. The molecule has 0 bridgehead atoms. The minimum Gasteiger partial charge on any atom is -0.497 e. The second-order valence-corrected chi connectivity index (χ2v) is 10.3. The van der Waals surface area contributed by atoms with Gasteiger partial charge >= 0.3 is 0 Å². The van der Waals surface area contributed by atoms with Crippen molar-refractivity contribution in [1.29, 1.82) is 0 Å². The number of anilines is 1. The molecule has 2 rings (SSSR count). The first-order valence-corrected chi connectivity index (χ1v) is 13.2. The Kier molecular flexibility index (Phi) is 9.75. The van der Waals surface area contributed by atoms with Gasteiger partial charge in [-0.05, 0) is 43.7 Å². The van der Waals surface area contributed by atoms with E-state index in [0.29, 0.717) is 12.3 Å². The smallest absolute Gasteiger partial charge is 0.244 e. The number of hydrogen-bond acceptors (Lipinski definition) is 6. The second-order valence-electron chi connectivity index (χ2n) is 7.53. The van der Waals surface area contributed by atoms with E-state index in [9.17, 15) is 18.0 Å². The number of amides is 2. The standard InChI is InChI=1S/C23H30BrN3O6S/c1-6-25-23(29)16(2)26(14-17-7-9-18(24)10-8-17)22(28)15-27(34(5,30)31)20-13-19(32-3)11-12-21(20)33-4/h7-13,16H,6,14-15H2,1-5H3,(H,25,29)/t16-/m0/s1. The highest BCUT2D eigenvalue weighted by atomic mass is 79.9. The number of halogens is 1. The Morgan fingerprint density at radius 3 is 2.26 bits per heavy atom. The van der Waals surface area contributed by atoms with Gasteiger partial charge in [-0.15, -0.1) is 0 Å². The molecule has 0 aliphatic heterocycles. The lowest BCUT2D eigenvalue weighted by Gasteiger charge is -2.31. The first-order chi connectivity index (χ1) is 16.0. The van der Waals surface area contributed by atoms with Crippen molar-refractivity contribution in [1.82, 2.24) is 10.2 Å². The molecule has 2 aromatic carbocycles. The Bertz CT molecular complexity index is 1110. The fourth-order valence-corrected chi connectivity index (χ4v) is 4.39. The third-order valence-electron chi connectivity index (χ3n) is 5.12. The van der Waals surface area contributed by atoms with Crippen molar-refractivity contribution < 1.29 is 27.5 Å². The van der Waals surface area contributed by atoms with Crippen molar-refractivity contribution in [3.05, 3.63) is 52.5 Å². The molecule has 0 spiro atoms. The number of ether oxygens (including phenoxy) is 2. The summed E-state index contributed by atoms with van der Waals surface area (Å²) in [6.07, 6.45) is 1.01. The fraction of sp³-hybridized carbons (Fsp3) is 0.391. The van der Waals surface area contributed by atoms with E-state index >= 15 is 0 Å². The van der Waals surface area contributed by atoms with E-state index in [-0.39, 0.29) is 23.9 Å². The van der Waals surface area contributed by atoms with Crippen molar-refractivity contribution >= 4 is 43.5 Å². The summed E-state index contributed by atoms with van der Waals surface area (Å²) in [6, 6.07) is 11.2. The fourth-order valence-electron chi connectivity index (χ4n) is 3.28. The Hall–Kier alpha value is -2.79.